The zero-order valence-corrected chi connectivity index (χ0v) is 20.0. The second-order valence-electron chi connectivity index (χ2n) is 10.7. The topological polar surface area (TPSA) is 62.5 Å². The van der Waals surface area contributed by atoms with Crippen molar-refractivity contribution in [3.63, 3.8) is 0 Å². The first-order valence-corrected chi connectivity index (χ1v) is 12.0. The molecule has 172 valence electrons. The van der Waals surface area contributed by atoms with Crippen molar-refractivity contribution in [2.75, 3.05) is 6.61 Å². The van der Waals surface area contributed by atoms with Gasteiger partial charge in [-0.25, -0.2) is 0 Å². The molecule has 0 saturated heterocycles. The molecule has 1 unspecified atom stereocenters. The number of carbonyl (C=O) groups excluding carboxylic acids is 1. The van der Waals surface area contributed by atoms with Gasteiger partial charge in [0, 0.05) is 23.5 Å². The molecule has 0 fully saturated rings. The van der Waals surface area contributed by atoms with E-state index in [0.29, 0.717) is 12.4 Å². The van der Waals surface area contributed by atoms with Crippen LogP contribution in [0.25, 0.3) is 6.08 Å². The van der Waals surface area contributed by atoms with Crippen LogP contribution in [0.5, 0.6) is 5.75 Å². The lowest BCUT2D eigenvalue weighted by molar-refractivity contribution is -0.297. The summed E-state index contributed by atoms with van der Waals surface area (Å²) in [7, 11) is 0. The molecule has 1 aromatic heterocycles. The van der Waals surface area contributed by atoms with Gasteiger partial charge in [0.05, 0.1) is 12.6 Å². The Bertz CT molecular complexity index is 1040. The van der Waals surface area contributed by atoms with Crippen LogP contribution in [0.3, 0.4) is 0 Å². The lowest BCUT2D eigenvalue weighted by Crippen LogP contribution is -2.34. The number of hydrogen-bond donors (Lipinski definition) is 0. The number of rotatable bonds is 6. The highest BCUT2D eigenvalue weighted by atomic mass is 16.5. The van der Waals surface area contributed by atoms with E-state index in [9.17, 15) is 9.90 Å². The minimum absolute atomic E-state index is 0.124. The summed E-state index contributed by atoms with van der Waals surface area (Å²) in [6.45, 7) is 12.2. The molecular formula is C28H35O4-. The second-order valence-corrected chi connectivity index (χ2v) is 10.7. The summed E-state index contributed by atoms with van der Waals surface area (Å²) < 4.78 is 12.3. The summed E-state index contributed by atoms with van der Waals surface area (Å²) in [5.41, 5.74) is 5.48. The van der Waals surface area contributed by atoms with Gasteiger partial charge in [-0.15, -0.1) is 0 Å². The van der Waals surface area contributed by atoms with Gasteiger partial charge in [-0.1, -0.05) is 40.7 Å². The van der Waals surface area contributed by atoms with Crippen molar-refractivity contribution in [3.8, 4) is 5.75 Å². The Kier molecular flexibility index (Phi) is 6.00. The van der Waals surface area contributed by atoms with E-state index in [4.69, 9.17) is 9.15 Å². The Balaban J connectivity index is 1.84. The standard InChI is InChI=1S/C28H36O4/c1-6-14-31-25-17-23-22(27(2,3)12-13-28(23,4)5)16-21(25)19-8-7-9-24-20(19)15-18(32-24)10-11-26(29)30/h10-11,15-17,19H,6-9,12-14H2,1-5H3,(H,29,30)/p-1/b11-10+. The fraction of sp³-hybridized carbons (Fsp3) is 0.536. The van der Waals surface area contributed by atoms with Crippen LogP contribution in [-0.4, -0.2) is 12.6 Å². The lowest BCUT2D eigenvalue weighted by atomic mass is 9.62. The summed E-state index contributed by atoms with van der Waals surface area (Å²) in [6.07, 6.45) is 8.75. The van der Waals surface area contributed by atoms with Gasteiger partial charge in [-0.2, -0.15) is 0 Å². The summed E-state index contributed by atoms with van der Waals surface area (Å²) >= 11 is 0. The number of ether oxygens (including phenoxy) is 1. The third-order valence-electron chi connectivity index (χ3n) is 7.34. The predicted molar refractivity (Wildman–Crippen MR) is 125 cm³/mol. The normalized spacial score (nSPS) is 21.2. The fourth-order valence-corrected chi connectivity index (χ4v) is 5.35. The molecule has 2 aromatic rings. The van der Waals surface area contributed by atoms with Crippen molar-refractivity contribution in [2.45, 2.75) is 89.9 Å². The van der Waals surface area contributed by atoms with Gasteiger partial charge in [0.2, 0.25) is 0 Å². The molecule has 4 rings (SSSR count). The van der Waals surface area contributed by atoms with Gasteiger partial charge in [0.25, 0.3) is 0 Å². The van der Waals surface area contributed by atoms with Crippen LogP contribution in [0.1, 0.15) is 106 Å². The number of fused-ring (bicyclic) bond motifs is 2. The molecule has 32 heavy (non-hydrogen) atoms. The first-order valence-electron chi connectivity index (χ1n) is 12.0. The van der Waals surface area contributed by atoms with Crippen LogP contribution >= 0.6 is 0 Å². The Labute approximate surface area is 191 Å². The van der Waals surface area contributed by atoms with Gasteiger partial charge in [-0.3, -0.25) is 0 Å². The third-order valence-corrected chi connectivity index (χ3v) is 7.34. The van der Waals surface area contributed by atoms with E-state index in [0.717, 1.165) is 48.8 Å². The van der Waals surface area contributed by atoms with Gasteiger partial charge in [0.15, 0.2) is 0 Å². The molecule has 0 N–H and O–H groups in total. The molecule has 0 spiro atoms. The Hall–Kier alpha value is -2.49. The third kappa shape index (κ3) is 4.24. The second kappa shape index (κ2) is 8.46. The number of aryl methyl sites for hydroxylation is 1. The molecular weight excluding hydrogens is 400 g/mol. The molecule has 0 radical (unpaired) electrons. The maximum atomic E-state index is 10.8. The number of benzene rings is 1. The van der Waals surface area contributed by atoms with E-state index in [1.54, 1.807) is 0 Å². The van der Waals surface area contributed by atoms with E-state index in [1.165, 1.54) is 35.6 Å². The maximum Gasteiger partial charge on any atom is 0.127 e. The SMILES string of the molecule is CCCOc1cc2c(cc1C1CCCc3oc(/C=C/C(=O)[O-])cc31)C(C)(C)CCC2(C)C. The number of carboxylic acid groups (broad SMARTS) is 1. The van der Waals surface area contributed by atoms with Crippen molar-refractivity contribution in [2.24, 2.45) is 0 Å². The van der Waals surface area contributed by atoms with Crippen molar-refractivity contribution < 1.29 is 19.1 Å². The lowest BCUT2D eigenvalue weighted by Gasteiger charge is -2.43. The number of hydrogen-bond acceptors (Lipinski definition) is 4. The van der Waals surface area contributed by atoms with Gasteiger partial charge in [0.1, 0.15) is 17.3 Å². The summed E-state index contributed by atoms with van der Waals surface area (Å²) in [5, 5.41) is 10.8. The zero-order valence-electron chi connectivity index (χ0n) is 20.0. The van der Waals surface area contributed by atoms with Crippen molar-refractivity contribution in [1.82, 2.24) is 0 Å². The molecule has 1 aromatic carbocycles. The molecule has 4 nitrogen and oxygen atoms in total. The van der Waals surface area contributed by atoms with Crippen LogP contribution in [0, 0.1) is 0 Å². The van der Waals surface area contributed by atoms with E-state index in [1.807, 2.05) is 6.07 Å². The highest BCUT2D eigenvalue weighted by Gasteiger charge is 2.39. The van der Waals surface area contributed by atoms with Crippen LogP contribution in [0.15, 0.2) is 28.7 Å². The van der Waals surface area contributed by atoms with Crippen LogP contribution in [0.2, 0.25) is 0 Å². The molecule has 4 heteroatoms. The molecule has 1 heterocycles. The average molecular weight is 436 g/mol. The Morgan fingerprint density at radius 1 is 1.12 bits per heavy atom. The number of furan rings is 1. The summed E-state index contributed by atoms with van der Waals surface area (Å²) in [4.78, 5) is 10.8. The predicted octanol–water partition coefficient (Wildman–Crippen LogP) is 5.65. The molecule has 1 atom stereocenters. The van der Waals surface area contributed by atoms with Gasteiger partial charge < -0.3 is 19.1 Å². The molecule has 0 saturated carbocycles. The van der Waals surface area contributed by atoms with E-state index >= 15 is 0 Å². The Morgan fingerprint density at radius 3 is 2.47 bits per heavy atom. The first kappa shape index (κ1) is 22.7. The zero-order chi connectivity index (χ0) is 23.1. The quantitative estimate of drug-likeness (QED) is 0.550. The van der Waals surface area contributed by atoms with Crippen LogP contribution in [0.4, 0.5) is 0 Å². The molecule has 2 aliphatic rings. The average Bonchev–Trinajstić information content (AvgIpc) is 3.17. The van der Waals surface area contributed by atoms with E-state index in [-0.39, 0.29) is 16.7 Å². The van der Waals surface area contributed by atoms with Crippen LogP contribution < -0.4 is 9.84 Å². The smallest absolute Gasteiger partial charge is 0.127 e. The summed E-state index contributed by atoms with van der Waals surface area (Å²) in [6, 6.07) is 6.72. The number of carboxylic acids is 1. The number of carbonyl (C=O) groups is 1. The first-order chi connectivity index (χ1) is 15.1. The van der Waals surface area contributed by atoms with Gasteiger partial charge >= 0.3 is 0 Å². The van der Waals surface area contributed by atoms with Crippen molar-refractivity contribution >= 4 is 12.0 Å². The van der Waals surface area contributed by atoms with E-state index in [2.05, 4.69) is 46.8 Å². The largest absolute Gasteiger partial charge is 0.545 e. The van der Waals surface area contributed by atoms with Crippen molar-refractivity contribution in [1.29, 1.82) is 0 Å². The van der Waals surface area contributed by atoms with Crippen molar-refractivity contribution in [3.05, 3.63) is 58.0 Å². The molecule has 0 aliphatic heterocycles. The fourth-order valence-electron chi connectivity index (χ4n) is 5.35. The molecule has 0 amide bonds. The maximum absolute atomic E-state index is 10.8. The highest BCUT2D eigenvalue weighted by molar-refractivity contribution is 5.83. The monoisotopic (exact) mass is 435 g/mol. The minimum Gasteiger partial charge on any atom is -0.545 e. The number of aliphatic carboxylic acids is 1. The Morgan fingerprint density at radius 2 is 1.81 bits per heavy atom. The summed E-state index contributed by atoms with van der Waals surface area (Å²) in [5.74, 6) is 1.48. The molecule has 0 bridgehead atoms. The van der Waals surface area contributed by atoms with Crippen LogP contribution in [-0.2, 0) is 22.0 Å². The minimum atomic E-state index is -1.22. The molecule has 2 aliphatic carbocycles. The van der Waals surface area contributed by atoms with E-state index < -0.39 is 5.97 Å². The van der Waals surface area contributed by atoms with Gasteiger partial charge in [-0.05, 0) is 78.3 Å². The highest BCUT2D eigenvalue weighted by Crippen LogP contribution is 2.50.